The van der Waals surface area contributed by atoms with Crippen LogP contribution in [0.3, 0.4) is 0 Å². The van der Waals surface area contributed by atoms with E-state index in [4.69, 9.17) is 5.73 Å². The van der Waals surface area contributed by atoms with Crippen molar-refractivity contribution in [2.24, 2.45) is 12.8 Å². The Morgan fingerprint density at radius 3 is 2.81 bits per heavy atom. The van der Waals surface area contributed by atoms with Gasteiger partial charge >= 0.3 is 0 Å². The average Bonchev–Trinajstić information content (AvgIpc) is 2.94. The lowest BCUT2D eigenvalue weighted by atomic mass is 10.1. The number of benzene rings is 1. The number of nitrogens with two attached hydrogens (primary N) is 1. The van der Waals surface area contributed by atoms with Gasteiger partial charge in [0.1, 0.15) is 4.83 Å². The van der Waals surface area contributed by atoms with Crippen molar-refractivity contribution in [2.45, 2.75) is 0 Å². The van der Waals surface area contributed by atoms with Crippen molar-refractivity contribution in [1.29, 1.82) is 0 Å². The molecule has 0 aliphatic rings. The van der Waals surface area contributed by atoms with Gasteiger partial charge in [-0.05, 0) is 5.56 Å². The van der Waals surface area contributed by atoms with E-state index in [1.807, 2.05) is 35.7 Å². The van der Waals surface area contributed by atoms with Crippen molar-refractivity contribution >= 4 is 27.5 Å². The molecule has 3 rings (SSSR count). The van der Waals surface area contributed by atoms with Gasteiger partial charge in [-0.15, -0.1) is 11.3 Å². The molecule has 21 heavy (non-hydrogen) atoms. The SMILES string of the molecule is Cn1c(NCCN)nc2scc(-c3ccccc3)c2c1=O. The highest BCUT2D eigenvalue weighted by Gasteiger charge is 2.14. The molecule has 1 aromatic carbocycles. The van der Waals surface area contributed by atoms with Crippen molar-refractivity contribution < 1.29 is 0 Å². The number of nitrogens with one attached hydrogen (secondary N) is 1. The minimum Gasteiger partial charge on any atom is -0.354 e. The summed E-state index contributed by atoms with van der Waals surface area (Å²) in [6, 6.07) is 9.90. The molecule has 0 atom stereocenters. The highest BCUT2D eigenvalue weighted by molar-refractivity contribution is 7.17. The molecule has 0 aliphatic heterocycles. The second kappa shape index (κ2) is 5.67. The Kier molecular flexibility index (Phi) is 3.72. The van der Waals surface area contributed by atoms with E-state index in [2.05, 4.69) is 10.3 Å². The third-order valence-electron chi connectivity index (χ3n) is 3.33. The number of aromatic nitrogens is 2. The van der Waals surface area contributed by atoms with Gasteiger partial charge in [0.2, 0.25) is 5.95 Å². The van der Waals surface area contributed by atoms with Crippen molar-refractivity contribution in [1.82, 2.24) is 9.55 Å². The molecular weight excluding hydrogens is 284 g/mol. The third-order valence-corrected chi connectivity index (χ3v) is 4.20. The second-order valence-corrected chi connectivity index (χ2v) is 5.57. The molecule has 0 saturated heterocycles. The molecule has 6 heteroatoms. The fraction of sp³-hybridized carbons (Fsp3) is 0.200. The summed E-state index contributed by atoms with van der Waals surface area (Å²) in [7, 11) is 1.72. The molecule has 3 N–H and O–H groups in total. The molecule has 2 heterocycles. The summed E-state index contributed by atoms with van der Waals surface area (Å²) in [5, 5.41) is 5.74. The normalized spacial score (nSPS) is 11.0. The molecule has 108 valence electrons. The molecule has 0 saturated carbocycles. The standard InChI is InChI=1S/C15H16N4OS/c1-19-14(20)12-11(10-5-3-2-4-6-10)9-21-13(12)18-15(19)17-8-7-16/h2-6,9H,7-8,16H2,1H3,(H,17,18). The number of hydrogen-bond donors (Lipinski definition) is 2. The number of thiophene rings is 1. The number of nitrogens with zero attached hydrogens (tertiary/aromatic N) is 2. The summed E-state index contributed by atoms with van der Waals surface area (Å²) >= 11 is 1.48. The summed E-state index contributed by atoms with van der Waals surface area (Å²) in [4.78, 5) is 17.9. The van der Waals surface area contributed by atoms with Crippen molar-refractivity contribution in [3.05, 3.63) is 46.1 Å². The number of hydrogen-bond acceptors (Lipinski definition) is 5. The molecule has 0 amide bonds. The van der Waals surface area contributed by atoms with E-state index in [0.717, 1.165) is 16.0 Å². The molecule has 0 fully saturated rings. The quantitative estimate of drug-likeness (QED) is 0.773. The summed E-state index contributed by atoms with van der Waals surface area (Å²) in [6.45, 7) is 1.08. The minimum atomic E-state index is -0.0420. The Bertz CT molecular complexity index is 823. The van der Waals surface area contributed by atoms with E-state index in [0.29, 0.717) is 24.4 Å². The van der Waals surface area contributed by atoms with Crippen LogP contribution in [-0.2, 0) is 7.05 Å². The molecule has 0 spiro atoms. The first-order chi connectivity index (χ1) is 10.2. The largest absolute Gasteiger partial charge is 0.354 e. The lowest BCUT2D eigenvalue weighted by Crippen LogP contribution is -2.24. The first-order valence-electron chi connectivity index (χ1n) is 6.70. The van der Waals surface area contributed by atoms with Crippen LogP contribution in [0.15, 0.2) is 40.5 Å². The van der Waals surface area contributed by atoms with Crippen LogP contribution < -0.4 is 16.6 Å². The predicted molar refractivity (Wildman–Crippen MR) is 87.8 cm³/mol. The van der Waals surface area contributed by atoms with Gasteiger partial charge in [0, 0.05) is 31.1 Å². The van der Waals surface area contributed by atoms with Gasteiger partial charge in [-0.1, -0.05) is 30.3 Å². The first-order valence-corrected chi connectivity index (χ1v) is 7.58. The van der Waals surface area contributed by atoms with Crippen LogP contribution in [0.4, 0.5) is 5.95 Å². The molecule has 0 unspecified atom stereocenters. The molecule has 3 aromatic rings. The van der Waals surface area contributed by atoms with Crippen LogP contribution in [0.5, 0.6) is 0 Å². The average molecular weight is 300 g/mol. The Balaban J connectivity index is 2.19. The fourth-order valence-electron chi connectivity index (χ4n) is 2.24. The van der Waals surface area contributed by atoms with Gasteiger partial charge in [-0.25, -0.2) is 4.98 Å². The molecule has 0 bridgehead atoms. The Hall–Kier alpha value is -2.18. The lowest BCUT2D eigenvalue weighted by molar-refractivity contribution is 0.837. The van der Waals surface area contributed by atoms with E-state index in [1.54, 1.807) is 7.05 Å². The van der Waals surface area contributed by atoms with Gasteiger partial charge in [0.05, 0.1) is 5.39 Å². The van der Waals surface area contributed by atoms with Gasteiger partial charge in [0.15, 0.2) is 0 Å². The maximum Gasteiger partial charge on any atom is 0.264 e. The van der Waals surface area contributed by atoms with E-state index < -0.39 is 0 Å². The van der Waals surface area contributed by atoms with Crippen LogP contribution in [0.25, 0.3) is 21.3 Å². The van der Waals surface area contributed by atoms with Crippen molar-refractivity contribution in [3.63, 3.8) is 0 Å². The van der Waals surface area contributed by atoms with Gasteiger partial charge in [-0.3, -0.25) is 9.36 Å². The zero-order valence-electron chi connectivity index (χ0n) is 11.7. The van der Waals surface area contributed by atoms with Gasteiger partial charge < -0.3 is 11.1 Å². The fourth-order valence-corrected chi connectivity index (χ4v) is 3.18. The minimum absolute atomic E-state index is 0.0420. The first kappa shape index (κ1) is 13.8. The van der Waals surface area contributed by atoms with Gasteiger partial charge in [-0.2, -0.15) is 0 Å². The number of anilines is 1. The number of rotatable bonds is 4. The highest BCUT2D eigenvalue weighted by atomic mass is 32.1. The summed E-state index contributed by atoms with van der Waals surface area (Å²) in [5.74, 6) is 0.555. The summed E-state index contributed by atoms with van der Waals surface area (Å²) in [6.07, 6.45) is 0. The predicted octanol–water partition coefficient (Wildman–Crippen LogP) is 2.03. The lowest BCUT2D eigenvalue weighted by Gasteiger charge is -2.09. The Labute approximate surface area is 126 Å². The maximum atomic E-state index is 12.6. The monoisotopic (exact) mass is 300 g/mol. The van der Waals surface area contributed by atoms with Crippen LogP contribution in [0, 0.1) is 0 Å². The van der Waals surface area contributed by atoms with Crippen LogP contribution >= 0.6 is 11.3 Å². The summed E-state index contributed by atoms with van der Waals surface area (Å²) in [5.41, 5.74) is 7.41. The maximum absolute atomic E-state index is 12.6. The van der Waals surface area contributed by atoms with E-state index in [9.17, 15) is 4.79 Å². The van der Waals surface area contributed by atoms with Crippen molar-refractivity contribution in [2.75, 3.05) is 18.4 Å². The number of fused-ring (bicyclic) bond motifs is 1. The van der Waals surface area contributed by atoms with E-state index in [-0.39, 0.29) is 5.56 Å². The topological polar surface area (TPSA) is 72.9 Å². The van der Waals surface area contributed by atoms with Crippen LogP contribution in [0.1, 0.15) is 0 Å². The zero-order valence-corrected chi connectivity index (χ0v) is 12.5. The molecule has 2 aromatic heterocycles. The van der Waals surface area contributed by atoms with Crippen LogP contribution in [-0.4, -0.2) is 22.6 Å². The molecule has 0 radical (unpaired) electrons. The second-order valence-electron chi connectivity index (χ2n) is 4.71. The zero-order chi connectivity index (χ0) is 14.8. The molecule has 0 aliphatic carbocycles. The third kappa shape index (κ3) is 2.43. The smallest absolute Gasteiger partial charge is 0.264 e. The Morgan fingerprint density at radius 1 is 1.33 bits per heavy atom. The highest BCUT2D eigenvalue weighted by Crippen LogP contribution is 2.31. The van der Waals surface area contributed by atoms with Gasteiger partial charge in [0.25, 0.3) is 5.56 Å². The van der Waals surface area contributed by atoms with Crippen molar-refractivity contribution in [3.8, 4) is 11.1 Å². The van der Waals surface area contributed by atoms with E-state index in [1.165, 1.54) is 15.9 Å². The van der Waals surface area contributed by atoms with E-state index >= 15 is 0 Å². The molecule has 5 nitrogen and oxygen atoms in total. The molecular formula is C15H16N4OS. The Morgan fingerprint density at radius 2 is 2.10 bits per heavy atom. The van der Waals surface area contributed by atoms with Crippen LogP contribution in [0.2, 0.25) is 0 Å². The summed E-state index contributed by atoms with van der Waals surface area (Å²) < 4.78 is 1.54.